The molecule has 134 valence electrons. The summed E-state index contributed by atoms with van der Waals surface area (Å²) in [6, 6.07) is 0.417. The smallest absolute Gasteiger partial charge is 0.222 e. The lowest BCUT2D eigenvalue weighted by Crippen LogP contribution is -2.47. The second-order valence-electron chi connectivity index (χ2n) is 7.27. The molecule has 0 aromatic heterocycles. The van der Waals surface area contributed by atoms with Crippen LogP contribution in [-0.4, -0.2) is 60.9 Å². The van der Waals surface area contributed by atoms with Crippen LogP contribution in [0.2, 0.25) is 0 Å². The fourth-order valence-electron chi connectivity index (χ4n) is 3.14. The summed E-state index contributed by atoms with van der Waals surface area (Å²) < 4.78 is 0. The molecule has 2 amide bonds. The molecule has 1 N–H and O–H groups in total. The second-order valence-corrected chi connectivity index (χ2v) is 7.27. The Bertz CT molecular complexity index is 363. The number of amides is 2. The van der Waals surface area contributed by atoms with Crippen LogP contribution in [0.4, 0.5) is 0 Å². The Kier molecular flexibility index (Phi) is 9.22. The summed E-state index contributed by atoms with van der Waals surface area (Å²) in [5.41, 5.74) is 0. The van der Waals surface area contributed by atoms with Crippen LogP contribution in [0, 0.1) is 5.92 Å². The number of nitrogens with zero attached hydrogens (tertiary/aromatic N) is 2. The number of carbonyl (C=O) groups excluding carboxylic acids is 2. The quantitative estimate of drug-likeness (QED) is 0.662. The minimum Gasteiger partial charge on any atom is -0.356 e. The Morgan fingerprint density at radius 2 is 1.83 bits per heavy atom. The van der Waals surface area contributed by atoms with Crippen molar-refractivity contribution in [3.8, 4) is 0 Å². The number of rotatable bonds is 9. The number of unbranched alkanes of at least 4 members (excludes halogenated alkanes) is 2. The van der Waals surface area contributed by atoms with Crippen LogP contribution in [0.25, 0.3) is 0 Å². The van der Waals surface area contributed by atoms with Gasteiger partial charge in [0.25, 0.3) is 0 Å². The van der Waals surface area contributed by atoms with Gasteiger partial charge in [-0.2, -0.15) is 0 Å². The molecule has 1 heterocycles. The highest BCUT2D eigenvalue weighted by molar-refractivity contribution is 5.76. The van der Waals surface area contributed by atoms with E-state index in [9.17, 15) is 9.59 Å². The van der Waals surface area contributed by atoms with Gasteiger partial charge in [-0.15, -0.1) is 0 Å². The maximum atomic E-state index is 12.6. The van der Waals surface area contributed by atoms with Crippen LogP contribution < -0.4 is 5.32 Å². The molecule has 23 heavy (non-hydrogen) atoms. The average Bonchev–Trinajstić information content (AvgIpc) is 2.48. The molecule has 0 radical (unpaired) electrons. The molecule has 0 spiro atoms. The molecular formula is C18H35N3O2. The molecule has 5 heteroatoms. The molecule has 1 aliphatic heterocycles. The predicted molar refractivity (Wildman–Crippen MR) is 94.2 cm³/mol. The molecule has 1 fully saturated rings. The monoisotopic (exact) mass is 325 g/mol. The molecule has 0 unspecified atom stereocenters. The molecule has 1 saturated heterocycles. The van der Waals surface area contributed by atoms with E-state index in [1.54, 1.807) is 0 Å². The van der Waals surface area contributed by atoms with Gasteiger partial charge in [0.15, 0.2) is 0 Å². The summed E-state index contributed by atoms with van der Waals surface area (Å²) >= 11 is 0. The molecule has 1 rings (SSSR count). The first-order chi connectivity index (χ1) is 10.9. The molecule has 5 nitrogen and oxygen atoms in total. The average molecular weight is 325 g/mol. The van der Waals surface area contributed by atoms with Gasteiger partial charge in [0.05, 0.1) is 0 Å². The maximum absolute atomic E-state index is 12.6. The third kappa shape index (κ3) is 8.35. The standard InChI is InChI=1S/C18H35N3O2/c1-15(2)14-21(17-9-12-20(4)13-10-17)18(23)8-6-5-7-11-19-16(3)22/h15,17H,5-14H2,1-4H3,(H,19,22). The van der Waals surface area contributed by atoms with Gasteiger partial charge >= 0.3 is 0 Å². The van der Waals surface area contributed by atoms with Crippen molar-refractivity contribution < 1.29 is 9.59 Å². The number of carbonyl (C=O) groups is 2. The van der Waals surface area contributed by atoms with E-state index in [4.69, 9.17) is 0 Å². The number of hydrogen-bond acceptors (Lipinski definition) is 3. The topological polar surface area (TPSA) is 52.7 Å². The Hall–Kier alpha value is -1.10. The summed E-state index contributed by atoms with van der Waals surface area (Å²) in [5, 5.41) is 2.80. The first-order valence-corrected chi connectivity index (χ1v) is 9.12. The van der Waals surface area contributed by atoms with Crippen molar-refractivity contribution in [2.24, 2.45) is 5.92 Å². The minimum absolute atomic E-state index is 0.0199. The molecule has 0 aliphatic carbocycles. The summed E-state index contributed by atoms with van der Waals surface area (Å²) in [5.74, 6) is 0.845. The fourth-order valence-corrected chi connectivity index (χ4v) is 3.14. The van der Waals surface area contributed by atoms with E-state index in [-0.39, 0.29) is 5.91 Å². The zero-order valence-corrected chi connectivity index (χ0v) is 15.4. The van der Waals surface area contributed by atoms with E-state index < -0.39 is 0 Å². The van der Waals surface area contributed by atoms with Crippen LogP contribution in [0.3, 0.4) is 0 Å². The van der Waals surface area contributed by atoms with Gasteiger partial charge in [-0.05, 0) is 51.7 Å². The summed E-state index contributed by atoms with van der Waals surface area (Å²) in [4.78, 5) is 27.9. The number of nitrogens with one attached hydrogen (secondary N) is 1. The Labute approximate surface area is 141 Å². The van der Waals surface area contributed by atoms with Crippen LogP contribution in [-0.2, 0) is 9.59 Å². The van der Waals surface area contributed by atoms with E-state index >= 15 is 0 Å². The van der Waals surface area contributed by atoms with Gasteiger partial charge < -0.3 is 15.1 Å². The van der Waals surface area contributed by atoms with Crippen LogP contribution in [0.5, 0.6) is 0 Å². The van der Waals surface area contributed by atoms with Crippen molar-refractivity contribution in [3.05, 3.63) is 0 Å². The van der Waals surface area contributed by atoms with Crippen molar-refractivity contribution in [2.75, 3.05) is 33.2 Å². The van der Waals surface area contributed by atoms with Gasteiger partial charge in [0.2, 0.25) is 11.8 Å². The van der Waals surface area contributed by atoms with Crippen LogP contribution in [0.15, 0.2) is 0 Å². The van der Waals surface area contributed by atoms with Gasteiger partial charge in [0, 0.05) is 32.5 Å². The number of likely N-dealkylation sites (tertiary alicyclic amines) is 1. The maximum Gasteiger partial charge on any atom is 0.222 e. The lowest BCUT2D eigenvalue weighted by molar-refractivity contribution is -0.135. The Morgan fingerprint density at radius 3 is 2.39 bits per heavy atom. The molecule has 0 aromatic rings. The zero-order chi connectivity index (χ0) is 17.2. The minimum atomic E-state index is 0.0199. The van der Waals surface area contributed by atoms with Crippen molar-refractivity contribution in [2.45, 2.75) is 65.3 Å². The first-order valence-electron chi connectivity index (χ1n) is 9.12. The predicted octanol–water partition coefficient (Wildman–Crippen LogP) is 2.26. The van der Waals surface area contributed by atoms with Gasteiger partial charge in [-0.3, -0.25) is 9.59 Å². The highest BCUT2D eigenvalue weighted by atomic mass is 16.2. The zero-order valence-electron chi connectivity index (χ0n) is 15.4. The van der Waals surface area contributed by atoms with Crippen molar-refractivity contribution in [3.63, 3.8) is 0 Å². The lowest BCUT2D eigenvalue weighted by Gasteiger charge is -2.38. The van der Waals surface area contributed by atoms with E-state index in [2.05, 4.69) is 36.0 Å². The van der Waals surface area contributed by atoms with Crippen LogP contribution in [0.1, 0.15) is 59.3 Å². The molecule has 0 atom stereocenters. The molecular weight excluding hydrogens is 290 g/mol. The molecule has 0 saturated carbocycles. The van der Waals surface area contributed by atoms with E-state index in [0.717, 1.165) is 51.7 Å². The largest absolute Gasteiger partial charge is 0.356 e. The normalized spacial score (nSPS) is 16.6. The number of hydrogen-bond donors (Lipinski definition) is 1. The second kappa shape index (κ2) is 10.6. The van der Waals surface area contributed by atoms with Crippen molar-refractivity contribution in [1.29, 1.82) is 0 Å². The lowest BCUT2D eigenvalue weighted by atomic mass is 10.0. The highest BCUT2D eigenvalue weighted by Crippen LogP contribution is 2.19. The summed E-state index contributed by atoms with van der Waals surface area (Å²) in [6.07, 6.45) is 5.69. The number of piperidine rings is 1. The molecule has 0 aromatic carbocycles. The van der Waals surface area contributed by atoms with Gasteiger partial charge in [-0.1, -0.05) is 20.3 Å². The Morgan fingerprint density at radius 1 is 1.17 bits per heavy atom. The SMILES string of the molecule is CC(=O)NCCCCCC(=O)N(CC(C)C)C1CCN(C)CC1. The Balaban J connectivity index is 2.35. The van der Waals surface area contributed by atoms with E-state index in [1.807, 2.05) is 0 Å². The van der Waals surface area contributed by atoms with Crippen molar-refractivity contribution >= 4 is 11.8 Å². The third-order valence-corrected chi connectivity index (χ3v) is 4.45. The third-order valence-electron chi connectivity index (χ3n) is 4.45. The van der Waals surface area contributed by atoms with Gasteiger partial charge in [-0.25, -0.2) is 0 Å². The van der Waals surface area contributed by atoms with Crippen LogP contribution >= 0.6 is 0 Å². The molecule has 0 bridgehead atoms. The fraction of sp³-hybridized carbons (Fsp3) is 0.889. The first kappa shape index (κ1) is 19.9. The van der Waals surface area contributed by atoms with E-state index in [1.165, 1.54) is 6.92 Å². The summed E-state index contributed by atoms with van der Waals surface area (Å²) in [7, 11) is 2.15. The highest BCUT2D eigenvalue weighted by Gasteiger charge is 2.26. The van der Waals surface area contributed by atoms with Gasteiger partial charge in [0.1, 0.15) is 0 Å². The van der Waals surface area contributed by atoms with E-state index in [0.29, 0.717) is 30.8 Å². The molecule has 1 aliphatic rings. The summed E-state index contributed by atoms with van der Waals surface area (Å²) in [6.45, 7) is 9.67. The van der Waals surface area contributed by atoms with Crippen molar-refractivity contribution in [1.82, 2.24) is 15.1 Å².